The molecule has 0 aliphatic carbocycles. The van der Waals surface area contributed by atoms with Crippen LogP contribution >= 0.6 is 0 Å². The Bertz CT molecular complexity index is 440. The molecule has 5 nitrogen and oxygen atoms in total. The summed E-state index contributed by atoms with van der Waals surface area (Å²) in [5, 5.41) is 19.1. The van der Waals surface area contributed by atoms with Gasteiger partial charge in [-0.1, -0.05) is 0 Å². The quantitative estimate of drug-likeness (QED) is 0.782. The van der Waals surface area contributed by atoms with Gasteiger partial charge in [-0.05, 0) is 6.92 Å². The Balaban J connectivity index is 3.05. The molecule has 2 unspecified atom stereocenters. The Morgan fingerprint density at radius 3 is 2.26 bits per heavy atom. The molecule has 0 aliphatic rings. The minimum Gasteiger partial charge on any atom is -0.497 e. The van der Waals surface area contributed by atoms with Gasteiger partial charge in [-0.2, -0.15) is 0 Å². The van der Waals surface area contributed by atoms with Crippen molar-refractivity contribution in [2.24, 2.45) is 0 Å². The molecule has 0 saturated carbocycles. The Labute approximate surface area is 108 Å². The lowest BCUT2D eigenvalue weighted by Crippen LogP contribution is -2.31. The van der Waals surface area contributed by atoms with Crippen LogP contribution in [0.5, 0.6) is 5.75 Å². The summed E-state index contributed by atoms with van der Waals surface area (Å²) in [6, 6.07) is 1.67. The van der Waals surface area contributed by atoms with Crippen molar-refractivity contribution >= 4 is 5.97 Å². The first-order chi connectivity index (χ1) is 8.92. The number of esters is 1. The Morgan fingerprint density at radius 2 is 1.84 bits per heavy atom. The van der Waals surface area contributed by atoms with Gasteiger partial charge in [0.25, 0.3) is 0 Å². The number of aliphatic hydroxyl groups excluding tert-OH is 2. The third kappa shape index (κ3) is 3.39. The number of aliphatic hydroxyl groups is 2. The van der Waals surface area contributed by atoms with Gasteiger partial charge in [-0.25, -0.2) is 13.6 Å². The number of rotatable bonds is 5. The molecular formula is C12H14F2O5. The molecule has 0 heterocycles. The molecule has 7 heteroatoms. The smallest absolute Gasteiger partial charge is 0.338 e. The molecule has 2 atom stereocenters. The van der Waals surface area contributed by atoms with Crippen LogP contribution < -0.4 is 4.74 Å². The fourth-order valence-electron chi connectivity index (χ4n) is 1.48. The van der Waals surface area contributed by atoms with E-state index in [4.69, 9.17) is 0 Å². The van der Waals surface area contributed by atoms with Crippen molar-refractivity contribution in [1.29, 1.82) is 0 Å². The van der Waals surface area contributed by atoms with E-state index in [1.807, 2.05) is 0 Å². The summed E-state index contributed by atoms with van der Waals surface area (Å²) in [7, 11) is 1.22. The molecule has 0 amide bonds. The van der Waals surface area contributed by atoms with E-state index in [0.717, 1.165) is 12.1 Å². The highest BCUT2D eigenvalue weighted by molar-refractivity contribution is 5.75. The van der Waals surface area contributed by atoms with E-state index in [0.29, 0.717) is 0 Å². The second-order valence-corrected chi connectivity index (χ2v) is 3.65. The van der Waals surface area contributed by atoms with E-state index in [2.05, 4.69) is 9.47 Å². The van der Waals surface area contributed by atoms with Crippen LogP contribution in [0, 0.1) is 11.6 Å². The molecule has 0 aliphatic heterocycles. The van der Waals surface area contributed by atoms with Crippen molar-refractivity contribution in [3.63, 3.8) is 0 Å². The summed E-state index contributed by atoms with van der Waals surface area (Å²) in [6.07, 6.45) is -4.14. The van der Waals surface area contributed by atoms with Gasteiger partial charge in [0.15, 0.2) is 6.10 Å². The number of hydrogen-bond acceptors (Lipinski definition) is 5. The number of carbonyl (C=O) groups excluding carboxylic acids is 1. The topological polar surface area (TPSA) is 76.0 Å². The van der Waals surface area contributed by atoms with Gasteiger partial charge >= 0.3 is 5.97 Å². The Hall–Kier alpha value is -1.73. The molecular weight excluding hydrogens is 262 g/mol. The van der Waals surface area contributed by atoms with Crippen LogP contribution in [-0.2, 0) is 9.53 Å². The third-order valence-corrected chi connectivity index (χ3v) is 2.41. The van der Waals surface area contributed by atoms with Crippen molar-refractivity contribution in [2.45, 2.75) is 19.1 Å². The second kappa shape index (κ2) is 6.44. The van der Waals surface area contributed by atoms with Gasteiger partial charge in [0, 0.05) is 12.1 Å². The molecule has 0 fully saturated rings. The summed E-state index contributed by atoms with van der Waals surface area (Å²) in [6.45, 7) is 1.46. The molecule has 0 saturated heterocycles. The third-order valence-electron chi connectivity index (χ3n) is 2.41. The maximum absolute atomic E-state index is 13.6. The van der Waals surface area contributed by atoms with Gasteiger partial charge in [0.2, 0.25) is 0 Å². The number of halogens is 2. The zero-order valence-corrected chi connectivity index (χ0v) is 10.4. The highest BCUT2D eigenvalue weighted by atomic mass is 19.1. The fraction of sp³-hybridized carbons (Fsp3) is 0.417. The number of methoxy groups -OCH3 is 1. The minimum absolute atomic E-state index is 0.0316. The standard InChI is InChI=1S/C12H14F2O5/c1-3-19-12(17)11(16)10(15)9-7(13)4-6(18-2)5-8(9)14/h4-5,10-11,15-16H,3H2,1-2H3. The van der Waals surface area contributed by atoms with Crippen molar-refractivity contribution in [3.8, 4) is 5.75 Å². The Kier molecular flexibility index (Phi) is 5.20. The predicted molar refractivity (Wildman–Crippen MR) is 60.5 cm³/mol. The molecule has 106 valence electrons. The number of hydrogen-bond donors (Lipinski definition) is 2. The lowest BCUT2D eigenvalue weighted by Gasteiger charge is -2.18. The van der Waals surface area contributed by atoms with Gasteiger partial charge in [-0.15, -0.1) is 0 Å². The maximum Gasteiger partial charge on any atom is 0.338 e. The SMILES string of the molecule is CCOC(=O)C(O)C(O)c1c(F)cc(OC)cc1F. The number of ether oxygens (including phenoxy) is 2. The largest absolute Gasteiger partial charge is 0.497 e. The van der Waals surface area contributed by atoms with Crippen LogP contribution in [0.3, 0.4) is 0 Å². The number of carbonyl (C=O) groups is 1. The van der Waals surface area contributed by atoms with E-state index >= 15 is 0 Å². The van der Waals surface area contributed by atoms with E-state index in [1.54, 1.807) is 0 Å². The minimum atomic E-state index is -2.07. The molecule has 1 aromatic carbocycles. The van der Waals surface area contributed by atoms with Crippen LogP contribution in [-0.4, -0.2) is 36.0 Å². The van der Waals surface area contributed by atoms with E-state index in [1.165, 1.54) is 14.0 Å². The van der Waals surface area contributed by atoms with Gasteiger partial charge in [0.1, 0.15) is 23.5 Å². The van der Waals surface area contributed by atoms with E-state index in [-0.39, 0.29) is 12.4 Å². The van der Waals surface area contributed by atoms with Crippen molar-refractivity contribution in [2.75, 3.05) is 13.7 Å². The van der Waals surface area contributed by atoms with Crippen LogP contribution in [0.25, 0.3) is 0 Å². The van der Waals surface area contributed by atoms with Crippen LogP contribution in [0.2, 0.25) is 0 Å². The number of benzene rings is 1. The Morgan fingerprint density at radius 1 is 1.32 bits per heavy atom. The maximum atomic E-state index is 13.6. The molecule has 19 heavy (non-hydrogen) atoms. The molecule has 2 N–H and O–H groups in total. The zero-order chi connectivity index (χ0) is 14.6. The second-order valence-electron chi connectivity index (χ2n) is 3.65. The zero-order valence-electron chi connectivity index (χ0n) is 10.4. The molecule has 1 aromatic rings. The fourth-order valence-corrected chi connectivity index (χ4v) is 1.48. The van der Waals surface area contributed by atoms with Crippen LogP contribution in [0.4, 0.5) is 8.78 Å². The summed E-state index contributed by atoms with van der Waals surface area (Å²) in [4.78, 5) is 11.2. The predicted octanol–water partition coefficient (Wildman–Crippen LogP) is 0.931. The van der Waals surface area contributed by atoms with Gasteiger partial charge < -0.3 is 19.7 Å². The first-order valence-corrected chi connectivity index (χ1v) is 5.48. The molecule has 1 rings (SSSR count). The summed E-state index contributed by atoms with van der Waals surface area (Å²) >= 11 is 0. The lowest BCUT2D eigenvalue weighted by atomic mass is 10.0. The molecule has 0 spiro atoms. The van der Waals surface area contributed by atoms with Crippen molar-refractivity contribution in [3.05, 3.63) is 29.3 Å². The molecule has 0 radical (unpaired) electrons. The van der Waals surface area contributed by atoms with Crippen molar-refractivity contribution in [1.82, 2.24) is 0 Å². The lowest BCUT2D eigenvalue weighted by molar-refractivity contribution is -0.159. The summed E-state index contributed by atoms with van der Waals surface area (Å²) in [5.41, 5.74) is -0.818. The first kappa shape index (κ1) is 15.3. The van der Waals surface area contributed by atoms with E-state index in [9.17, 15) is 23.8 Å². The molecule has 0 aromatic heterocycles. The summed E-state index contributed by atoms with van der Waals surface area (Å²) < 4.78 is 36.3. The normalized spacial score (nSPS) is 13.8. The monoisotopic (exact) mass is 276 g/mol. The van der Waals surface area contributed by atoms with Crippen LogP contribution in [0.1, 0.15) is 18.6 Å². The van der Waals surface area contributed by atoms with Gasteiger partial charge in [0.05, 0.1) is 19.3 Å². The first-order valence-electron chi connectivity index (χ1n) is 5.48. The molecule has 0 bridgehead atoms. The van der Waals surface area contributed by atoms with Crippen molar-refractivity contribution < 1.29 is 33.3 Å². The highest BCUT2D eigenvalue weighted by Gasteiger charge is 2.31. The van der Waals surface area contributed by atoms with E-state index < -0.39 is 35.4 Å². The summed E-state index contributed by atoms with van der Waals surface area (Å²) in [5.74, 6) is -3.51. The highest BCUT2D eigenvalue weighted by Crippen LogP contribution is 2.27. The van der Waals surface area contributed by atoms with Gasteiger partial charge in [-0.3, -0.25) is 0 Å². The average molecular weight is 276 g/mol. The van der Waals surface area contributed by atoms with Crippen LogP contribution in [0.15, 0.2) is 12.1 Å². The average Bonchev–Trinajstić information content (AvgIpc) is 2.36.